The molecule has 0 radical (unpaired) electrons. The molecule has 132 valence electrons. The first-order chi connectivity index (χ1) is 12.3. The van der Waals surface area contributed by atoms with Crippen LogP contribution in [0.15, 0.2) is 36.5 Å². The fourth-order valence-electron chi connectivity index (χ4n) is 2.81. The number of rotatable bonds is 7. The quantitative estimate of drug-likeness (QED) is 0.768. The third-order valence-electron chi connectivity index (χ3n) is 4.26. The van der Waals surface area contributed by atoms with Crippen LogP contribution in [0, 0.1) is 0 Å². The van der Waals surface area contributed by atoms with E-state index in [1.54, 1.807) is 18.2 Å². The van der Waals surface area contributed by atoms with Crippen LogP contribution < -0.4 is 15.0 Å². The highest BCUT2D eigenvalue weighted by Crippen LogP contribution is 2.15. The van der Waals surface area contributed by atoms with Crippen LogP contribution in [0.4, 0.5) is 11.8 Å². The summed E-state index contributed by atoms with van der Waals surface area (Å²) in [7, 11) is 1.67. The minimum absolute atomic E-state index is 0.623. The highest BCUT2D eigenvalue weighted by molar-refractivity contribution is 5.49. The lowest BCUT2D eigenvalue weighted by molar-refractivity contribution is -0.118. The fourth-order valence-corrected chi connectivity index (χ4v) is 2.81. The van der Waals surface area contributed by atoms with Crippen LogP contribution in [-0.2, 0) is 11.2 Å². The topological polar surface area (TPSA) is 70.6 Å². The van der Waals surface area contributed by atoms with Crippen molar-refractivity contribution in [2.24, 2.45) is 0 Å². The van der Waals surface area contributed by atoms with Gasteiger partial charge >= 0.3 is 0 Å². The number of methoxy groups -OCH3 is 1. The van der Waals surface area contributed by atoms with Crippen molar-refractivity contribution in [2.45, 2.75) is 6.42 Å². The number of nitrogens with one attached hydrogen (secondary N) is 1. The van der Waals surface area contributed by atoms with Crippen molar-refractivity contribution < 1.29 is 9.53 Å². The van der Waals surface area contributed by atoms with Gasteiger partial charge in [-0.1, -0.05) is 12.1 Å². The number of hydrogen-bond acceptors (Lipinski definition) is 6. The van der Waals surface area contributed by atoms with Gasteiger partial charge in [0.15, 0.2) is 0 Å². The first-order valence-corrected chi connectivity index (χ1v) is 8.42. The molecule has 3 rings (SSSR count). The lowest BCUT2D eigenvalue weighted by atomic mass is 10.1. The molecule has 0 saturated carbocycles. The van der Waals surface area contributed by atoms with Crippen LogP contribution >= 0.6 is 0 Å². The second-order valence-corrected chi connectivity index (χ2v) is 5.90. The molecule has 25 heavy (non-hydrogen) atoms. The summed E-state index contributed by atoms with van der Waals surface area (Å²) in [5.74, 6) is 2.38. The van der Waals surface area contributed by atoms with E-state index >= 15 is 0 Å². The molecule has 1 fully saturated rings. The lowest BCUT2D eigenvalue weighted by Crippen LogP contribution is -2.46. The molecule has 0 bridgehead atoms. The number of carbonyl (C=O) groups is 1. The van der Waals surface area contributed by atoms with Gasteiger partial charge in [-0.15, -0.1) is 0 Å². The number of nitrogens with zero attached hydrogens (tertiary/aromatic N) is 4. The Morgan fingerprint density at radius 2 is 2.08 bits per heavy atom. The number of anilines is 2. The van der Waals surface area contributed by atoms with E-state index in [1.165, 1.54) is 5.56 Å². The molecule has 2 heterocycles. The van der Waals surface area contributed by atoms with Crippen LogP contribution in [0.3, 0.4) is 0 Å². The van der Waals surface area contributed by atoms with E-state index < -0.39 is 0 Å². The molecule has 1 aliphatic rings. The lowest BCUT2D eigenvalue weighted by Gasteiger charge is -2.33. The van der Waals surface area contributed by atoms with Gasteiger partial charge in [0.05, 0.1) is 7.11 Å². The molecule has 1 aromatic heterocycles. The molecule has 0 spiro atoms. The minimum atomic E-state index is 0.623. The Labute approximate surface area is 147 Å². The van der Waals surface area contributed by atoms with Gasteiger partial charge in [0.2, 0.25) is 12.4 Å². The Morgan fingerprint density at radius 1 is 1.24 bits per heavy atom. The number of amides is 1. The van der Waals surface area contributed by atoms with E-state index in [0.717, 1.165) is 57.1 Å². The molecule has 2 aromatic rings. The van der Waals surface area contributed by atoms with Gasteiger partial charge in [-0.25, -0.2) is 4.98 Å². The number of carbonyl (C=O) groups excluding carboxylic acids is 1. The molecule has 1 N–H and O–H groups in total. The molecule has 1 saturated heterocycles. The summed E-state index contributed by atoms with van der Waals surface area (Å²) < 4.78 is 5.24. The van der Waals surface area contributed by atoms with Crippen LogP contribution in [0.5, 0.6) is 5.75 Å². The van der Waals surface area contributed by atoms with Gasteiger partial charge in [0.25, 0.3) is 0 Å². The summed E-state index contributed by atoms with van der Waals surface area (Å²) in [5.41, 5.74) is 1.20. The predicted molar refractivity (Wildman–Crippen MR) is 97.1 cm³/mol. The smallest absolute Gasteiger partial charge is 0.224 e. The number of hydrogen-bond donors (Lipinski definition) is 1. The van der Waals surface area contributed by atoms with Crippen molar-refractivity contribution in [1.82, 2.24) is 14.9 Å². The van der Waals surface area contributed by atoms with Crippen molar-refractivity contribution in [3.05, 3.63) is 42.1 Å². The van der Waals surface area contributed by atoms with E-state index in [-0.39, 0.29) is 0 Å². The zero-order valence-electron chi connectivity index (χ0n) is 14.4. The molecule has 1 aliphatic heterocycles. The zero-order valence-corrected chi connectivity index (χ0v) is 14.4. The van der Waals surface area contributed by atoms with E-state index in [9.17, 15) is 4.79 Å². The van der Waals surface area contributed by atoms with Crippen LogP contribution in [0.1, 0.15) is 5.56 Å². The molecule has 1 amide bonds. The van der Waals surface area contributed by atoms with Gasteiger partial charge in [-0.3, -0.25) is 4.79 Å². The van der Waals surface area contributed by atoms with Crippen LogP contribution in [-0.4, -0.2) is 61.1 Å². The third kappa shape index (κ3) is 4.59. The maximum absolute atomic E-state index is 10.8. The maximum atomic E-state index is 10.8. The monoisotopic (exact) mass is 341 g/mol. The van der Waals surface area contributed by atoms with Gasteiger partial charge in [-0.05, 0) is 30.2 Å². The second-order valence-electron chi connectivity index (χ2n) is 5.90. The van der Waals surface area contributed by atoms with Gasteiger partial charge in [-0.2, -0.15) is 4.98 Å². The van der Waals surface area contributed by atoms with Gasteiger partial charge in [0, 0.05) is 38.9 Å². The molecule has 0 atom stereocenters. The van der Waals surface area contributed by atoms with E-state index in [1.807, 2.05) is 24.3 Å². The average molecular weight is 341 g/mol. The molecule has 1 aromatic carbocycles. The largest absolute Gasteiger partial charge is 0.497 e. The predicted octanol–water partition coefficient (Wildman–Crippen LogP) is 1.42. The molecular weight excluding hydrogens is 318 g/mol. The Bertz CT molecular complexity index is 701. The summed E-state index contributed by atoms with van der Waals surface area (Å²) in [6.07, 6.45) is 3.54. The molecule has 7 nitrogen and oxygen atoms in total. The summed E-state index contributed by atoms with van der Waals surface area (Å²) in [5, 5.41) is 3.27. The van der Waals surface area contributed by atoms with Gasteiger partial charge in [0.1, 0.15) is 11.6 Å². The first-order valence-electron chi connectivity index (χ1n) is 8.42. The Balaban J connectivity index is 1.54. The first kappa shape index (κ1) is 17.0. The Morgan fingerprint density at radius 3 is 2.84 bits per heavy atom. The molecule has 7 heteroatoms. The van der Waals surface area contributed by atoms with E-state index in [0.29, 0.717) is 5.95 Å². The number of piperazine rings is 1. The highest BCUT2D eigenvalue weighted by Gasteiger charge is 2.17. The normalized spacial score (nSPS) is 14.3. The molecule has 0 aliphatic carbocycles. The van der Waals surface area contributed by atoms with Crippen molar-refractivity contribution in [3.8, 4) is 5.75 Å². The van der Waals surface area contributed by atoms with Crippen molar-refractivity contribution in [2.75, 3.05) is 50.1 Å². The van der Waals surface area contributed by atoms with E-state index in [2.05, 4.69) is 26.3 Å². The highest BCUT2D eigenvalue weighted by atomic mass is 16.5. The summed E-state index contributed by atoms with van der Waals surface area (Å²) >= 11 is 0. The molecular formula is C18H23N5O2. The third-order valence-corrected chi connectivity index (χ3v) is 4.26. The van der Waals surface area contributed by atoms with Crippen LogP contribution in [0.2, 0.25) is 0 Å². The second kappa shape index (κ2) is 8.32. The van der Waals surface area contributed by atoms with Crippen molar-refractivity contribution >= 4 is 18.2 Å². The average Bonchev–Trinajstić information content (AvgIpc) is 2.68. The van der Waals surface area contributed by atoms with Crippen LogP contribution in [0.25, 0.3) is 0 Å². The van der Waals surface area contributed by atoms with Gasteiger partial charge < -0.3 is 19.9 Å². The van der Waals surface area contributed by atoms with E-state index in [4.69, 9.17) is 4.74 Å². The Hall–Kier alpha value is -2.83. The summed E-state index contributed by atoms with van der Waals surface area (Å²) in [6, 6.07) is 9.95. The fraction of sp³-hybridized carbons (Fsp3) is 0.389. The van der Waals surface area contributed by atoms with Crippen molar-refractivity contribution in [1.29, 1.82) is 0 Å². The van der Waals surface area contributed by atoms with Crippen molar-refractivity contribution in [3.63, 3.8) is 0 Å². The summed E-state index contributed by atoms with van der Waals surface area (Å²) in [4.78, 5) is 23.6. The number of ether oxygens (including phenoxy) is 1. The number of benzene rings is 1. The minimum Gasteiger partial charge on any atom is -0.497 e. The standard InChI is InChI=1S/C18H23N5O2/c1-25-16-4-2-3-15(13-16)5-7-19-18-20-8-6-17(21-18)23-11-9-22(14-24)10-12-23/h2-4,6,8,13-14H,5,7,9-12H2,1H3,(H,19,20,21). The number of aromatic nitrogens is 2. The molecule has 0 unspecified atom stereocenters. The maximum Gasteiger partial charge on any atom is 0.224 e. The zero-order chi connectivity index (χ0) is 17.5. The Kier molecular flexibility index (Phi) is 5.66. The SMILES string of the molecule is COc1cccc(CCNc2nccc(N3CCN(C=O)CC3)n2)c1. The summed E-state index contributed by atoms with van der Waals surface area (Å²) in [6.45, 7) is 3.78.